The van der Waals surface area contributed by atoms with Crippen LogP contribution < -0.4 is 0 Å². The second-order valence-electron chi connectivity index (χ2n) is 4.19. The Labute approximate surface area is 75.2 Å². The summed E-state index contributed by atoms with van der Waals surface area (Å²) in [6, 6.07) is 2.51. The van der Waals surface area contributed by atoms with Crippen LogP contribution >= 0.6 is 0 Å². The molecule has 0 amide bonds. The third-order valence-electron chi connectivity index (χ3n) is 2.67. The van der Waals surface area contributed by atoms with Crippen LogP contribution in [-0.4, -0.2) is 25.5 Å². The predicted octanol–water partition coefficient (Wildman–Crippen LogP) is 2.02. The lowest BCUT2D eigenvalue weighted by atomic mass is 9.75. The van der Waals surface area contributed by atoms with Crippen molar-refractivity contribution in [2.24, 2.45) is 5.41 Å². The summed E-state index contributed by atoms with van der Waals surface area (Å²) in [5.74, 6) is 0. The lowest BCUT2D eigenvalue weighted by molar-refractivity contribution is 0.195. The molecule has 0 N–H and O–H groups in total. The van der Waals surface area contributed by atoms with E-state index in [1.54, 1.807) is 0 Å². The van der Waals surface area contributed by atoms with Gasteiger partial charge in [0.25, 0.3) is 0 Å². The summed E-state index contributed by atoms with van der Waals surface area (Å²) in [5, 5.41) is 9.11. The van der Waals surface area contributed by atoms with Gasteiger partial charge in [0, 0.05) is 6.54 Å². The number of nitrogens with zero attached hydrogens (tertiary/aromatic N) is 2. The van der Waals surface area contributed by atoms with Crippen LogP contribution in [-0.2, 0) is 0 Å². The fourth-order valence-electron chi connectivity index (χ4n) is 2.14. The molecule has 0 aromatic heterocycles. The summed E-state index contributed by atoms with van der Waals surface area (Å²) in [5.41, 5.74) is -0.0260. The average Bonchev–Trinajstić information content (AvgIpc) is 2.05. The molecule has 0 aromatic carbocycles. The molecule has 0 spiro atoms. The Balaban J connectivity index is 2.55. The molecule has 0 saturated heterocycles. The molecule has 1 rings (SSSR count). The Hall–Kier alpha value is -0.550. The first-order valence-corrected chi connectivity index (χ1v) is 4.74. The summed E-state index contributed by atoms with van der Waals surface area (Å²) in [6.45, 7) is 0.934. The Morgan fingerprint density at radius 1 is 1.25 bits per heavy atom. The zero-order chi connectivity index (χ0) is 9.03. The summed E-state index contributed by atoms with van der Waals surface area (Å²) in [7, 11) is 4.10. The minimum absolute atomic E-state index is 0.0260. The molecule has 1 aliphatic rings. The van der Waals surface area contributed by atoms with Gasteiger partial charge in [-0.3, -0.25) is 0 Å². The Kier molecular flexibility index (Phi) is 3.11. The van der Waals surface area contributed by atoms with Gasteiger partial charge in [0.05, 0.1) is 11.5 Å². The van der Waals surface area contributed by atoms with Gasteiger partial charge in [-0.05, 0) is 26.9 Å². The average molecular weight is 166 g/mol. The number of rotatable bonds is 2. The van der Waals surface area contributed by atoms with Crippen molar-refractivity contribution in [3.8, 4) is 6.07 Å². The molecule has 12 heavy (non-hydrogen) atoms. The first kappa shape index (κ1) is 9.54. The van der Waals surface area contributed by atoms with E-state index in [1.165, 1.54) is 19.3 Å². The number of hydrogen-bond acceptors (Lipinski definition) is 2. The van der Waals surface area contributed by atoms with Crippen LogP contribution in [0.25, 0.3) is 0 Å². The van der Waals surface area contributed by atoms with E-state index in [9.17, 15) is 0 Å². The van der Waals surface area contributed by atoms with E-state index in [1.807, 2.05) is 14.1 Å². The van der Waals surface area contributed by atoms with Gasteiger partial charge in [-0.15, -0.1) is 0 Å². The van der Waals surface area contributed by atoms with Crippen molar-refractivity contribution in [2.75, 3.05) is 20.6 Å². The van der Waals surface area contributed by atoms with Crippen LogP contribution in [0.2, 0.25) is 0 Å². The van der Waals surface area contributed by atoms with Crippen molar-refractivity contribution < 1.29 is 0 Å². The normalized spacial score (nSPS) is 22.2. The van der Waals surface area contributed by atoms with Crippen LogP contribution in [0.4, 0.5) is 0 Å². The van der Waals surface area contributed by atoms with Crippen molar-refractivity contribution in [3.63, 3.8) is 0 Å². The van der Waals surface area contributed by atoms with E-state index < -0.39 is 0 Å². The molecule has 1 fully saturated rings. The van der Waals surface area contributed by atoms with Gasteiger partial charge in [-0.1, -0.05) is 19.3 Å². The van der Waals surface area contributed by atoms with Crippen molar-refractivity contribution in [3.05, 3.63) is 0 Å². The van der Waals surface area contributed by atoms with Gasteiger partial charge in [0.15, 0.2) is 0 Å². The Bertz CT molecular complexity index is 173. The summed E-state index contributed by atoms with van der Waals surface area (Å²) in [4.78, 5) is 2.13. The summed E-state index contributed by atoms with van der Waals surface area (Å²) < 4.78 is 0. The number of hydrogen-bond donors (Lipinski definition) is 0. The molecule has 0 atom stereocenters. The molecule has 0 bridgehead atoms. The van der Waals surface area contributed by atoms with Gasteiger partial charge in [0.2, 0.25) is 0 Å². The van der Waals surface area contributed by atoms with Crippen LogP contribution in [0.1, 0.15) is 32.1 Å². The fourth-order valence-corrected chi connectivity index (χ4v) is 2.14. The highest BCUT2D eigenvalue weighted by atomic mass is 15.1. The molecule has 1 saturated carbocycles. The fraction of sp³-hybridized carbons (Fsp3) is 0.900. The van der Waals surface area contributed by atoms with Gasteiger partial charge in [0.1, 0.15) is 0 Å². The van der Waals surface area contributed by atoms with E-state index >= 15 is 0 Å². The van der Waals surface area contributed by atoms with E-state index in [0.29, 0.717) is 0 Å². The largest absolute Gasteiger partial charge is 0.308 e. The minimum atomic E-state index is -0.0260. The molecular formula is C10H18N2. The zero-order valence-corrected chi connectivity index (χ0v) is 8.14. The third-order valence-corrected chi connectivity index (χ3v) is 2.67. The van der Waals surface area contributed by atoms with Crippen LogP contribution in [0.15, 0.2) is 0 Å². The Morgan fingerprint density at radius 3 is 2.25 bits per heavy atom. The Morgan fingerprint density at radius 2 is 1.83 bits per heavy atom. The maximum atomic E-state index is 9.11. The molecule has 0 unspecified atom stereocenters. The van der Waals surface area contributed by atoms with E-state index in [0.717, 1.165) is 19.4 Å². The van der Waals surface area contributed by atoms with Crippen LogP contribution in [0, 0.1) is 16.7 Å². The maximum absolute atomic E-state index is 9.11. The van der Waals surface area contributed by atoms with Crippen molar-refractivity contribution >= 4 is 0 Å². The molecule has 0 aliphatic heterocycles. The van der Waals surface area contributed by atoms with Crippen molar-refractivity contribution in [1.29, 1.82) is 5.26 Å². The molecule has 0 heterocycles. The first-order valence-electron chi connectivity index (χ1n) is 4.74. The standard InChI is InChI=1S/C10H18N2/c1-12(2)9-10(8-11)6-4-3-5-7-10/h3-7,9H2,1-2H3. The van der Waals surface area contributed by atoms with Crippen LogP contribution in [0.3, 0.4) is 0 Å². The third kappa shape index (κ3) is 2.22. The van der Waals surface area contributed by atoms with Crippen molar-refractivity contribution in [1.82, 2.24) is 4.90 Å². The quantitative estimate of drug-likeness (QED) is 0.627. The second-order valence-corrected chi connectivity index (χ2v) is 4.19. The molecule has 0 radical (unpaired) electrons. The highest BCUT2D eigenvalue weighted by molar-refractivity contribution is 5.01. The lowest BCUT2D eigenvalue weighted by Crippen LogP contribution is -2.34. The maximum Gasteiger partial charge on any atom is 0.0703 e. The van der Waals surface area contributed by atoms with E-state index in [-0.39, 0.29) is 5.41 Å². The van der Waals surface area contributed by atoms with Crippen LogP contribution in [0.5, 0.6) is 0 Å². The molecule has 1 aliphatic carbocycles. The van der Waals surface area contributed by atoms with Gasteiger partial charge < -0.3 is 4.90 Å². The summed E-state index contributed by atoms with van der Waals surface area (Å²) >= 11 is 0. The molecular weight excluding hydrogens is 148 g/mol. The molecule has 2 heteroatoms. The first-order chi connectivity index (χ1) is 5.68. The second kappa shape index (κ2) is 3.91. The smallest absolute Gasteiger partial charge is 0.0703 e. The SMILES string of the molecule is CN(C)CC1(C#N)CCCCC1. The van der Waals surface area contributed by atoms with E-state index in [2.05, 4.69) is 11.0 Å². The minimum Gasteiger partial charge on any atom is -0.308 e. The molecule has 2 nitrogen and oxygen atoms in total. The molecule has 68 valence electrons. The van der Waals surface area contributed by atoms with Gasteiger partial charge >= 0.3 is 0 Å². The van der Waals surface area contributed by atoms with Crippen molar-refractivity contribution in [2.45, 2.75) is 32.1 Å². The predicted molar refractivity (Wildman–Crippen MR) is 49.7 cm³/mol. The highest BCUT2D eigenvalue weighted by Crippen LogP contribution is 2.35. The van der Waals surface area contributed by atoms with Gasteiger partial charge in [-0.2, -0.15) is 5.26 Å². The monoisotopic (exact) mass is 166 g/mol. The topological polar surface area (TPSA) is 27.0 Å². The highest BCUT2D eigenvalue weighted by Gasteiger charge is 2.32. The van der Waals surface area contributed by atoms with E-state index in [4.69, 9.17) is 5.26 Å². The summed E-state index contributed by atoms with van der Waals surface area (Å²) in [6.07, 6.45) is 5.99. The number of nitriles is 1. The molecule has 0 aromatic rings. The zero-order valence-electron chi connectivity index (χ0n) is 8.14. The lowest BCUT2D eigenvalue weighted by Gasteiger charge is -2.32. The van der Waals surface area contributed by atoms with Gasteiger partial charge in [-0.25, -0.2) is 0 Å².